The Bertz CT molecular complexity index is 968. The number of benzene rings is 2. The fraction of sp³-hybridized carbons (Fsp3) is 0.316. The van der Waals surface area contributed by atoms with Crippen molar-refractivity contribution in [2.45, 2.75) is 18.6 Å². The lowest BCUT2D eigenvalue weighted by Gasteiger charge is -2.31. The van der Waals surface area contributed by atoms with Gasteiger partial charge in [-0.2, -0.15) is 0 Å². The zero-order chi connectivity index (χ0) is 20.3. The number of carbonyl (C=O) groups excluding carboxylic acids is 1. The molecule has 0 aromatic heterocycles. The fourth-order valence-electron chi connectivity index (χ4n) is 3.12. The lowest BCUT2D eigenvalue weighted by atomic mass is 9.98. The zero-order valence-corrected chi connectivity index (χ0v) is 17.3. The second-order valence-electron chi connectivity index (χ2n) is 6.69. The van der Waals surface area contributed by atoms with E-state index in [0.29, 0.717) is 29.4 Å². The number of carbonyl (C=O) groups is 1. The topological polar surface area (TPSA) is 66.5 Å². The molecule has 1 unspecified atom stereocenters. The van der Waals surface area contributed by atoms with Crippen molar-refractivity contribution < 1.29 is 22.0 Å². The Morgan fingerprint density at radius 1 is 1.18 bits per heavy atom. The molecule has 150 valence electrons. The summed E-state index contributed by atoms with van der Waals surface area (Å²) < 4.78 is 54.2. The normalized spacial score (nSPS) is 18.0. The van der Waals surface area contributed by atoms with Gasteiger partial charge in [0.05, 0.1) is 17.4 Å². The molecular formula is C19H19BrF2N2O3S. The van der Waals surface area contributed by atoms with Crippen molar-refractivity contribution in [3.63, 3.8) is 0 Å². The standard InChI is InChI=1S/C19H19BrF2N2O3S/c20-15-5-8-18(17(22)10-15)23-19(25)14-2-1-9-24(11-14)28(26,27)12-13-3-6-16(21)7-4-13/h3-8,10,14H,1-2,9,11-12H2,(H,23,25). The summed E-state index contributed by atoms with van der Waals surface area (Å²) >= 11 is 3.15. The summed E-state index contributed by atoms with van der Waals surface area (Å²) in [6.07, 6.45) is 1.05. The largest absolute Gasteiger partial charge is 0.323 e. The summed E-state index contributed by atoms with van der Waals surface area (Å²) in [7, 11) is -3.65. The molecule has 1 aliphatic heterocycles. The molecule has 1 amide bonds. The molecule has 0 spiro atoms. The lowest BCUT2D eigenvalue weighted by molar-refractivity contribution is -0.120. The molecule has 0 aliphatic carbocycles. The minimum absolute atomic E-state index is 0.0352. The molecule has 1 fully saturated rings. The average molecular weight is 473 g/mol. The van der Waals surface area contributed by atoms with Crippen molar-refractivity contribution in [2.75, 3.05) is 18.4 Å². The highest BCUT2D eigenvalue weighted by Crippen LogP contribution is 2.25. The van der Waals surface area contributed by atoms with Gasteiger partial charge >= 0.3 is 0 Å². The van der Waals surface area contributed by atoms with E-state index in [1.807, 2.05) is 0 Å². The molecule has 28 heavy (non-hydrogen) atoms. The molecule has 1 saturated heterocycles. The van der Waals surface area contributed by atoms with Crippen molar-refractivity contribution in [2.24, 2.45) is 5.92 Å². The van der Waals surface area contributed by atoms with Gasteiger partial charge < -0.3 is 5.32 Å². The number of nitrogens with one attached hydrogen (secondary N) is 1. The van der Waals surface area contributed by atoms with Crippen LogP contribution in [0.25, 0.3) is 0 Å². The van der Waals surface area contributed by atoms with Crippen LogP contribution < -0.4 is 5.32 Å². The first kappa shape index (κ1) is 20.9. The van der Waals surface area contributed by atoms with Gasteiger partial charge in [-0.05, 0) is 48.7 Å². The quantitative estimate of drug-likeness (QED) is 0.717. The molecular weight excluding hydrogens is 454 g/mol. The highest BCUT2D eigenvalue weighted by molar-refractivity contribution is 9.10. The molecule has 3 rings (SSSR count). The number of anilines is 1. The average Bonchev–Trinajstić information content (AvgIpc) is 2.66. The summed E-state index contributed by atoms with van der Waals surface area (Å²) in [4.78, 5) is 12.5. The highest BCUT2D eigenvalue weighted by atomic mass is 79.9. The summed E-state index contributed by atoms with van der Waals surface area (Å²) in [5, 5.41) is 2.54. The molecule has 1 atom stereocenters. The van der Waals surface area contributed by atoms with Crippen LogP contribution in [0.15, 0.2) is 46.9 Å². The van der Waals surface area contributed by atoms with Gasteiger partial charge in [0.1, 0.15) is 11.6 Å². The zero-order valence-electron chi connectivity index (χ0n) is 14.9. The molecule has 0 saturated carbocycles. The Kier molecular flexibility index (Phi) is 6.47. The van der Waals surface area contributed by atoms with Crippen LogP contribution in [0, 0.1) is 17.6 Å². The number of piperidine rings is 1. The molecule has 2 aromatic carbocycles. The van der Waals surface area contributed by atoms with E-state index in [4.69, 9.17) is 0 Å². The summed E-state index contributed by atoms with van der Waals surface area (Å²) in [6.45, 7) is 0.355. The van der Waals surface area contributed by atoms with E-state index < -0.39 is 33.5 Å². The van der Waals surface area contributed by atoms with Crippen molar-refractivity contribution in [3.8, 4) is 0 Å². The first-order chi connectivity index (χ1) is 13.2. The van der Waals surface area contributed by atoms with Crippen LogP contribution in [0.2, 0.25) is 0 Å². The molecule has 1 heterocycles. The minimum atomic E-state index is -3.65. The summed E-state index contributed by atoms with van der Waals surface area (Å²) in [5.41, 5.74) is 0.532. The van der Waals surface area contributed by atoms with Crippen molar-refractivity contribution >= 4 is 37.5 Å². The Morgan fingerprint density at radius 2 is 1.89 bits per heavy atom. The first-order valence-electron chi connectivity index (χ1n) is 8.73. The summed E-state index contributed by atoms with van der Waals surface area (Å²) in [6, 6.07) is 9.58. The Balaban J connectivity index is 1.67. The highest BCUT2D eigenvalue weighted by Gasteiger charge is 2.32. The third-order valence-corrected chi connectivity index (χ3v) is 6.91. The van der Waals surface area contributed by atoms with E-state index in [2.05, 4.69) is 21.2 Å². The maximum atomic E-state index is 13.9. The van der Waals surface area contributed by atoms with Gasteiger partial charge in [-0.25, -0.2) is 21.5 Å². The Labute approximate surface area is 170 Å². The predicted molar refractivity (Wildman–Crippen MR) is 106 cm³/mol. The number of rotatable bonds is 5. The van der Waals surface area contributed by atoms with Crippen LogP contribution in [0.3, 0.4) is 0 Å². The van der Waals surface area contributed by atoms with Crippen LogP contribution in [-0.4, -0.2) is 31.7 Å². The van der Waals surface area contributed by atoms with Crippen LogP contribution in [0.1, 0.15) is 18.4 Å². The van der Waals surface area contributed by atoms with E-state index in [-0.39, 0.29) is 18.0 Å². The second-order valence-corrected chi connectivity index (χ2v) is 9.58. The molecule has 1 N–H and O–H groups in total. The van der Waals surface area contributed by atoms with Crippen molar-refractivity contribution in [3.05, 3.63) is 64.1 Å². The van der Waals surface area contributed by atoms with Crippen LogP contribution >= 0.6 is 15.9 Å². The van der Waals surface area contributed by atoms with Gasteiger partial charge in [0.25, 0.3) is 0 Å². The van der Waals surface area contributed by atoms with E-state index in [1.165, 1.54) is 40.7 Å². The predicted octanol–water partition coefficient (Wildman–Crippen LogP) is 3.91. The molecule has 1 aliphatic rings. The minimum Gasteiger partial charge on any atom is -0.323 e. The van der Waals surface area contributed by atoms with Crippen molar-refractivity contribution in [1.82, 2.24) is 4.31 Å². The molecule has 0 radical (unpaired) electrons. The number of nitrogens with zero attached hydrogens (tertiary/aromatic N) is 1. The molecule has 0 bridgehead atoms. The van der Waals surface area contributed by atoms with Gasteiger partial charge in [0.2, 0.25) is 15.9 Å². The monoisotopic (exact) mass is 472 g/mol. The van der Waals surface area contributed by atoms with Crippen molar-refractivity contribution in [1.29, 1.82) is 0 Å². The van der Waals surface area contributed by atoms with E-state index in [9.17, 15) is 22.0 Å². The Hall–Kier alpha value is -1.84. The maximum absolute atomic E-state index is 13.9. The molecule has 9 heteroatoms. The SMILES string of the molecule is O=C(Nc1ccc(Br)cc1F)C1CCCN(S(=O)(=O)Cc2ccc(F)cc2)C1. The molecule has 2 aromatic rings. The fourth-order valence-corrected chi connectivity index (χ4v) is 5.06. The third-order valence-electron chi connectivity index (χ3n) is 4.60. The smallest absolute Gasteiger partial charge is 0.228 e. The number of hydrogen-bond donors (Lipinski definition) is 1. The van der Waals surface area contributed by atoms with Gasteiger partial charge in [-0.15, -0.1) is 0 Å². The Morgan fingerprint density at radius 3 is 2.57 bits per heavy atom. The van der Waals surface area contributed by atoms with E-state index in [0.717, 1.165) is 0 Å². The number of halogens is 3. The maximum Gasteiger partial charge on any atom is 0.228 e. The first-order valence-corrected chi connectivity index (χ1v) is 11.1. The number of hydrogen-bond acceptors (Lipinski definition) is 3. The third kappa shape index (κ3) is 5.15. The van der Waals surface area contributed by atoms with Gasteiger partial charge in [0.15, 0.2) is 0 Å². The van der Waals surface area contributed by atoms with E-state index in [1.54, 1.807) is 6.07 Å². The second kappa shape index (κ2) is 8.67. The lowest BCUT2D eigenvalue weighted by Crippen LogP contribution is -2.44. The summed E-state index contributed by atoms with van der Waals surface area (Å²) in [5.74, 6) is -2.25. The van der Waals surface area contributed by atoms with Crippen LogP contribution in [0.4, 0.5) is 14.5 Å². The van der Waals surface area contributed by atoms with Gasteiger partial charge in [0, 0.05) is 17.6 Å². The van der Waals surface area contributed by atoms with Gasteiger partial charge in [-0.1, -0.05) is 28.1 Å². The van der Waals surface area contributed by atoms with Crippen LogP contribution in [0.5, 0.6) is 0 Å². The number of sulfonamides is 1. The van der Waals surface area contributed by atoms with Crippen LogP contribution in [-0.2, 0) is 20.6 Å². The molecule has 5 nitrogen and oxygen atoms in total. The van der Waals surface area contributed by atoms with Gasteiger partial charge in [-0.3, -0.25) is 4.79 Å². The van der Waals surface area contributed by atoms with E-state index >= 15 is 0 Å². The number of amides is 1.